The minimum Gasteiger partial charge on any atom is -0.444 e. The SMILES string of the molecule is CO[C@H](C)[C@H](NC(=O)OC(C)(C)C)C(=O)N(C)C. The number of nitrogens with zero attached hydrogens (tertiary/aromatic N) is 1. The molecule has 2 amide bonds. The van der Waals surface area contributed by atoms with Gasteiger partial charge in [0.2, 0.25) is 5.91 Å². The van der Waals surface area contributed by atoms with Gasteiger partial charge in [-0.3, -0.25) is 4.79 Å². The Morgan fingerprint density at radius 2 is 1.72 bits per heavy atom. The Balaban J connectivity index is 4.71. The van der Waals surface area contributed by atoms with Gasteiger partial charge in [-0.1, -0.05) is 0 Å². The summed E-state index contributed by atoms with van der Waals surface area (Å²) in [6, 6.07) is -0.764. The van der Waals surface area contributed by atoms with Crippen LogP contribution < -0.4 is 5.32 Å². The maximum absolute atomic E-state index is 11.9. The van der Waals surface area contributed by atoms with Crippen LogP contribution in [-0.2, 0) is 14.3 Å². The molecule has 0 rings (SSSR count). The maximum Gasteiger partial charge on any atom is 0.408 e. The van der Waals surface area contributed by atoms with Crippen molar-refractivity contribution in [1.82, 2.24) is 10.2 Å². The van der Waals surface area contributed by atoms with Gasteiger partial charge in [0.15, 0.2) is 0 Å². The molecule has 2 atom stereocenters. The maximum atomic E-state index is 11.9. The Morgan fingerprint density at radius 3 is 2.06 bits per heavy atom. The molecule has 0 aliphatic heterocycles. The second kappa shape index (κ2) is 6.58. The Morgan fingerprint density at radius 1 is 1.22 bits per heavy atom. The second-order valence-electron chi connectivity index (χ2n) is 5.30. The highest BCUT2D eigenvalue weighted by molar-refractivity contribution is 5.86. The van der Waals surface area contributed by atoms with Crippen LogP contribution in [-0.4, -0.2) is 55.9 Å². The zero-order valence-electron chi connectivity index (χ0n) is 12.2. The van der Waals surface area contributed by atoms with Crippen LogP contribution in [0.25, 0.3) is 0 Å². The van der Waals surface area contributed by atoms with Gasteiger partial charge < -0.3 is 19.7 Å². The van der Waals surface area contributed by atoms with Crippen molar-refractivity contribution in [2.75, 3.05) is 21.2 Å². The summed E-state index contributed by atoms with van der Waals surface area (Å²) >= 11 is 0. The summed E-state index contributed by atoms with van der Waals surface area (Å²) < 4.78 is 10.2. The lowest BCUT2D eigenvalue weighted by Crippen LogP contribution is -2.53. The van der Waals surface area contributed by atoms with Crippen LogP contribution in [0.15, 0.2) is 0 Å². The number of hydrogen-bond acceptors (Lipinski definition) is 4. The van der Waals surface area contributed by atoms with Crippen molar-refractivity contribution >= 4 is 12.0 Å². The summed E-state index contributed by atoms with van der Waals surface area (Å²) in [5.41, 5.74) is -0.605. The van der Waals surface area contributed by atoms with Gasteiger partial charge in [0.25, 0.3) is 0 Å². The van der Waals surface area contributed by atoms with E-state index in [4.69, 9.17) is 9.47 Å². The highest BCUT2D eigenvalue weighted by Crippen LogP contribution is 2.08. The van der Waals surface area contributed by atoms with E-state index in [0.717, 1.165) is 0 Å². The minimum absolute atomic E-state index is 0.241. The number of ether oxygens (including phenoxy) is 2. The molecular formula is C12H24N2O4. The zero-order chi connectivity index (χ0) is 14.5. The minimum atomic E-state index is -0.764. The van der Waals surface area contributed by atoms with Gasteiger partial charge >= 0.3 is 6.09 Å². The van der Waals surface area contributed by atoms with E-state index in [-0.39, 0.29) is 5.91 Å². The molecule has 1 N–H and O–H groups in total. The summed E-state index contributed by atoms with van der Waals surface area (Å²) in [5, 5.41) is 2.53. The lowest BCUT2D eigenvalue weighted by Gasteiger charge is -2.27. The third kappa shape index (κ3) is 5.86. The van der Waals surface area contributed by atoms with E-state index >= 15 is 0 Å². The predicted octanol–water partition coefficient (Wildman–Crippen LogP) is 1.00. The predicted molar refractivity (Wildman–Crippen MR) is 68.3 cm³/mol. The van der Waals surface area contributed by atoms with Crippen molar-refractivity contribution in [1.29, 1.82) is 0 Å². The molecule has 0 spiro atoms. The number of methoxy groups -OCH3 is 1. The highest BCUT2D eigenvalue weighted by atomic mass is 16.6. The van der Waals surface area contributed by atoms with E-state index in [1.165, 1.54) is 12.0 Å². The Kier molecular flexibility index (Phi) is 6.11. The molecule has 106 valence electrons. The lowest BCUT2D eigenvalue weighted by molar-refractivity contribution is -0.134. The van der Waals surface area contributed by atoms with E-state index < -0.39 is 23.8 Å². The van der Waals surface area contributed by atoms with Crippen molar-refractivity contribution in [3.8, 4) is 0 Å². The molecule has 6 nitrogen and oxygen atoms in total. The van der Waals surface area contributed by atoms with Crippen LogP contribution in [0.4, 0.5) is 4.79 Å². The number of carbonyl (C=O) groups is 2. The Labute approximate surface area is 109 Å². The topological polar surface area (TPSA) is 67.9 Å². The van der Waals surface area contributed by atoms with Crippen molar-refractivity contribution in [3.63, 3.8) is 0 Å². The highest BCUT2D eigenvalue weighted by Gasteiger charge is 2.30. The number of hydrogen-bond donors (Lipinski definition) is 1. The molecule has 0 unspecified atom stereocenters. The van der Waals surface area contributed by atoms with E-state index in [9.17, 15) is 9.59 Å². The molecule has 18 heavy (non-hydrogen) atoms. The number of likely N-dealkylation sites (N-methyl/N-ethyl adjacent to an activating group) is 1. The number of alkyl carbamates (subject to hydrolysis) is 1. The van der Waals surface area contributed by atoms with Gasteiger partial charge in [0, 0.05) is 21.2 Å². The molecule has 0 aliphatic rings. The molecule has 0 aromatic rings. The lowest BCUT2D eigenvalue weighted by atomic mass is 10.1. The van der Waals surface area contributed by atoms with E-state index in [2.05, 4.69) is 5.32 Å². The first kappa shape index (κ1) is 16.7. The molecule has 0 radical (unpaired) electrons. The molecule has 0 saturated carbocycles. The molecule has 6 heteroatoms. The van der Waals surface area contributed by atoms with Crippen molar-refractivity contribution in [2.24, 2.45) is 0 Å². The van der Waals surface area contributed by atoms with Gasteiger partial charge in [-0.2, -0.15) is 0 Å². The number of nitrogens with one attached hydrogen (secondary N) is 1. The quantitative estimate of drug-likeness (QED) is 0.819. The van der Waals surface area contributed by atoms with Crippen LogP contribution in [0.1, 0.15) is 27.7 Å². The summed E-state index contributed by atoms with van der Waals surface area (Å²) in [6.07, 6.45) is -1.07. The van der Waals surface area contributed by atoms with Gasteiger partial charge in [-0.25, -0.2) is 4.79 Å². The van der Waals surface area contributed by atoms with Crippen molar-refractivity contribution in [3.05, 3.63) is 0 Å². The first-order valence-corrected chi connectivity index (χ1v) is 5.82. The smallest absolute Gasteiger partial charge is 0.408 e. The van der Waals surface area contributed by atoms with Gasteiger partial charge in [-0.15, -0.1) is 0 Å². The average Bonchev–Trinajstić information content (AvgIpc) is 2.21. The van der Waals surface area contributed by atoms with Crippen LogP contribution >= 0.6 is 0 Å². The molecule has 0 heterocycles. The first-order valence-electron chi connectivity index (χ1n) is 5.82. The summed E-state index contributed by atoms with van der Waals surface area (Å²) in [4.78, 5) is 25.0. The molecule has 0 fully saturated rings. The molecule has 0 bridgehead atoms. The second-order valence-corrected chi connectivity index (χ2v) is 5.30. The van der Waals surface area contributed by atoms with Crippen LogP contribution in [0, 0.1) is 0 Å². The molecule has 0 saturated heterocycles. The molecular weight excluding hydrogens is 236 g/mol. The number of amides is 2. The van der Waals surface area contributed by atoms with Gasteiger partial charge in [0.05, 0.1) is 6.10 Å². The molecule has 0 aliphatic carbocycles. The van der Waals surface area contributed by atoms with Gasteiger partial charge in [-0.05, 0) is 27.7 Å². The van der Waals surface area contributed by atoms with Crippen LogP contribution in [0.3, 0.4) is 0 Å². The van der Waals surface area contributed by atoms with Crippen molar-refractivity contribution < 1.29 is 19.1 Å². The first-order chi connectivity index (χ1) is 8.08. The monoisotopic (exact) mass is 260 g/mol. The zero-order valence-corrected chi connectivity index (χ0v) is 12.2. The standard InChI is InChI=1S/C12H24N2O4/c1-8(17-7)9(10(15)14(5)6)13-11(16)18-12(2,3)4/h8-9H,1-7H3,(H,13,16)/t8-,9+/m1/s1. The third-order valence-corrected chi connectivity index (χ3v) is 2.22. The third-order valence-electron chi connectivity index (χ3n) is 2.22. The van der Waals surface area contributed by atoms with E-state index in [1.54, 1.807) is 41.8 Å². The average molecular weight is 260 g/mol. The molecule has 0 aromatic heterocycles. The number of carbonyl (C=O) groups excluding carboxylic acids is 2. The number of rotatable bonds is 4. The van der Waals surface area contributed by atoms with Gasteiger partial charge in [0.1, 0.15) is 11.6 Å². The van der Waals surface area contributed by atoms with Crippen molar-refractivity contribution in [2.45, 2.75) is 45.4 Å². The summed E-state index contributed by atoms with van der Waals surface area (Å²) in [7, 11) is 4.72. The fourth-order valence-electron chi connectivity index (χ4n) is 1.23. The summed E-state index contributed by atoms with van der Waals surface area (Å²) in [5.74, 6) is -0.241. The van der Waals surface area contributed by atoms with E-state index in [0.29, 0.717) is 0 Å². The van der Waals surface area contributed by atoms with Crippen LogP contribution in [0.2, 0.25) is 0 Å². The largest absolute Gasteiger partial charge is 0.444 e. The summed E-state index contributed by atoms with van der Waals surface area (Å²) in [6.45, 7) is 6.99. The fourth-order valence-corrected chi connectivity index (χ4v) is 1.23. The Bertz CT molecular complexity index is 297. The van der Waals surface area contributed by atoms with E-state index in [1.807, 2.05) is 0 Å². The normalized spacial score (nSPS) is 14.6. The molecule has 0 aromatic carbocycles. The fraction of sp³-hybridized carbons (Fsp3) is 0.833. The van der Waals surface area contributed by atoms with Crippen LogP contribution in [0.5, 0.6) is 0 Å². The Hall–Kier alpha value is -1.30.